The van der Waals surface area contributed by atoms with E-state index in [0.29, 0.717) is 5.39 Å². The molecule has 0 aliphatic rings. The zero-order valence-electron chi connectivity index (χ0n) is 12.8. The molecular formula is C17H10ClNO6. The van der Waals surface area contributed by atoms with Crippen LogP contribution in [0.1, 0.15) is 15.9 Å². The SMILES string of the molecule is Cc1cc(=O)oc2cc(OC(=O)c3cc([N+](=O)[O-])ccc3Cl)ccc12. The number of nitro benzene ring substituents is 1. The average Bonchev–Trinajstić information content (AvgIpc) is 2.54. The summed E-state index contributed by atoms with van der Waals surface area (Å²) in [4.78, 5) is 33.9. The maximum atomic E-state index is 12.3. The van der Waals surface area contributed by atoms with Crippen LogP contribution in [0, 0.1) is 17.0 Å². The molecule has 0 amide bonds. The smallest absolute Gasteiger partial charge is 0.345 e. The lowest BCUT2D eigenvalue weighted by molar-refractivity contribution is -0.384. The number of fused-ring (bicyclic) bond motifs is 1. The summed E-state index contributed by atoms with van der Waals surface area (Å²) in [7, 11) is 0. The molecule has 3 rings (SSSR count). The Kier molecular flexibility index (Phi) is 4.24. The van der Waals surface area contributed by atoms with E-state index in [1.807, 2.05) is 0 Å². The molecule has 0 unspecified atom stereocenters. The van der Waals surface area contributed by atoms with Gasteiger partial charge in [-0.25, -0.2) is 9.59 Å². The molecule has 0 bridgehead atoms. The summed E-state index contributed by atoms with van der Waals surface area (Å²) >= 11 is 5.92. The van der Waals surface area contributed by atoms with Gasteiger partial charge in [0, 0.05) is 29.7 Å². The molecule has 0 saturated heterocycles. The van der Waals surface area contributed by atoms with Crippen LogP contribution >= 0.6 is 11.6 Å². The van der Waals surface area contributed by atoms with E-state index in [1.54, 1.807) is 13.0 Å². The van der Waals surface area contributed by atoms with Crippen LogP contribution in [0.25, 0.3) is 11.0 Å². The molecule has 0 aliphatic heterocycles. The highest BCUT2D eigenvalue weighted by molar-refractivity contribution is 6.33. The minimum Gasteiger partial charge on any atom is -0.423 e. The van der Waals surface area contributed by atoms with E-state index in [2.05, 4.69) is 0 Å². The van der Waals surface area contributed by atoms with Crippen LogP contribution in [0.3, 0.4) is 0 Å². The van der Waals surface area contributed by atoms with Gasteiger partial charge in [-0.15, -0.1) is 0 Å². The van der Waals surface area contributed by atoms with Gasteiger partial charge in [-0.2, -0.15) is 0 Å². The molecule has 25 heavy (non-hydrogen) atoms. The number of nitrogens with zero attached hydrogens (tertiary/aromatic N) is 1. The van der Waals surface area contributed by atoms with E-state index < -0.39 is 16.5 Å². The van der Waals surface area contributed by atoms with E-state index >= 15 is 0 Å². The zero-order chi connectivity index (χ0) is 18.1. The van der Waals surface area contributed by atoms with Gasteiger partial charge in [-0.1, -0.05) is 11.6 Å². The second kappa shape index (κ2) is 6.37. The number of aryl methyl sites for hydroxylation is 1. The molecule has 0 atom stereocenters. The van der Waals surface area contributed by atoms with Crippen LogP contribution in [-0.4, -0.2) is 10.9 Å². The molecule has 2 aromatic carbocycles. The molecule has 0 fully saturated rings. The lowest BCUT2D eigenvalue weighted by Gasteiger charge is -2.07. The largest absolute Gasteiger partial charge is 0.423 e. The number of carbonyl (C=O) groups is 1. The normalized spacial score (nSPS) is 10.6. The predicted molar refractivity (Wildman–Crippen MR) is 90.3 cm³/mol. The minimum absolute atomic E-state index is 0.0266. The molecule has 7 nitrogen and oxygen atoms in total. The van der Waals surface area contributed by atoms with Gasteiger partial charge in [0.15, 0.2) is 0 Å². The second-order valence-electron chi connectivity index (χ2n) is 5.22. The Morgan fingerprint density at radius 1 is 1.20 bits per heavy atom. The number of ether oxygens (including phenoxy) is 1. The van der Waals surface area contributed by atoms with E-state index in [1.165, 1.54) is 30.3 Å². The number of hydrogen-bond donors (Lipinski definition) is 0. The van der Waals surface area contributed by atoms with Crippen LogP contribution in [0.5, 0.6) is 5.75 Å². The minimum atomic E-state index is -0.858. The van der Waals surface area contributed by atoms with Crippen molar-refractivity contribution in [2.45, 2.75) is 6.92 Å². The Hall–Kier alpha value is -3.19. The standard InChI is InChI=1S/C17H10ClNO6/c1-9-6-16(20)25-15-8-11(3-4-12(9)15)24-17(21)13-7-10(19(22)23)2-5-14(13)18/h2-8H,1H3. The summed E-state index contributed by atoms with van der Waals surface area (Å²) in [5.41, 5.74) is 0.0552. The topological polar surface area (TPSA) is 99.7 Å². The molecular weight excluding hydrogens is 350 g/mol. The maximum Gasteiger partial charge on any atom is 0.345 e. The number of hydrogen-bond acceptors (Lipinski definition) is 6. The third-order valence-corrected chi connectivity index (χ3v) is 3.84. The molecule has 8 heteroatoms. The van der Waals surface area contributed by atoms with Crippen LogP contribution in [0.2, 0.25) is 5.02 Å². The average molecular weight is 360 g/mol. The summed E-state index contributed by atoms with van der Waals surface area (Å²) in [6.45, 7) is 1.76. The molecule has 1 aromatic heterocycles. The molecule has 0 radical (unpaired) electrons. The first-order valence-corrected chi connectivity index (χ1v) is 7.43. The molecule has 1 heterocycles. The Bertz CT molecular complexity index is 1070. The van der Waals surface area contributed by atoms with Crippen molar-refractivity contribution < 1.29 is 18.9 Å². The molecule has 126 valence electrons. The van der Waals surface area contributed by atoms with Gasteiger partial charge in [0.1, 0.15) is 11.3 Å². The molecule has 0 N–H and O–H groups in total. The summed E-state index contributed by atoms with van der Waals surface area (Å²) in [5, 5.41) is 11.6. The van der Waals surface area contributed by atoms with Gasteiger partial charge >= 0.3 is 11.6 Å². The Morgan fingerprint density at radius 3 is 2.68 bits per heavy atom. The van der Waals surface area contributed by atoms with E-state index in [-0.39, 0.29) is 27.6 Å². The third kappa shape index (κ3) is 3.36. The van der Waals surface area contributed by atoms with Crippen molar-refractivity contribution in [2.24, 2.45) is 0 Å². The molecule has 0 aliphatic carbocycles. The summed E-state index contributed by atoms with van der Waals surface area (Å²) < 4.78 is 10.3. The summed E-state index contributed by atoms with van der Waals surface area (Å²) in [6, 6.07) is 9.40. The Labute approximate surface area is 145 Å². The number of nitro groups is 1. The molecule has 3 aromatic rings. The lowest BCUT2D eigenvalue weighted by Crippen LogP contribution is -2.10. The van der Waals surface area contributed by atoms with Crippen molar-refractivity contribution in [3.63, 3.8) is 0 Å². The highest BCUT2D eigenvalue weighted by Gasteiger charge is 2.18. The fraction of sp³-hybridized carbons (Fsp3) is 0.0588. The summed E-state index contributed by atoms with van der Waals surface area (Å²) in [6.07, 6.45) is 0. The van der Waals surface area contributed by atoms with E-state index in [4.69, 9.17) is 20.8 Å². The van der Waals surface area contributed by atoms with Crippen LogP contribution in [0.15, 0.2) is 51.7 Å². The Balaban J connectivity index is 1.96. The van der Waals surface area contributed by atoms with Gasteiger partial charge in [0.05, 0.1) is 15.5 Å². The number of rotatable bonds is 3. The number of halogens is 1. The van der Waals surface area contributed by atoms with Crippen molar-refractivity contribution in [1.29, 1.82) is 0 Å². The van der Waals surface area contributed by atoms with Crippen molar-refractivity contribution >= 4 is 34.2 Å². The van der Waals surface area contributed by atoms with Gasteiger partial charge in [-0.3, -0.25) is 10.1 Å². The van der Waals surface area contributed by atoms with Crippen molar-refractivity contribution in [3.8, 4) is 5.75 Å². The Morgan fingerprint density at radius 2 is 1.96 bits per heavy atom. The number of carbonyl (C=O) groups excluding carboxylic acids is 1. The van der Waals surface area contributed by atoms with Crippen LogP contribution < -0.4 is 10.4 Å². The number of non-ortho nitro benzene ring substituents is 1. The summed E-state index contributed by atoms with van der Waals surface area (Å²) in [5.74, 6) is -0.739. The monoisotopic (exact) mass is 359 g/mol. The number of esters is 1. The number of benzene rings is 2. The predicted octanol–water partition coefficient (Wildman–Crippen LogP) is 3.88. The third-order valence-electron chi connectivity index (χ3n) is 3.51. The van der Waals surface area contributed by atoms with E-state index in [0.717, 1.165) is 11.6 Å². The van der Waals surface area contributed by atoms with Crippen molar-refractivity contribution in [3.05, 3.63) is 79.1 Å². The van der Waals surface area contributed by atoms with Crippen LogP contribution in [-0.2, 0) is 0 Å². The lowest BCUT2D eigenvalue weighted by atomic mass is 10.1. The maximum absolute atomic E-state index is 12.3. The van der Waals surface area contributed by atoms with Gasteiger partial charge in [0.25, 0.3) is 5.69 Å². The van der Waals surface area contributed by atoms with Crippen molar-refractivity contribution in [1.82, 2.24) is 0 Å². The first kappa shape index (κ1) is 16.7. The first-order chi connectivity index (χ1) is 11.8. The first-order valence-electron chi connectivity index (χ1n) is 7.06. The van der Waals surface area contributed by atoms with Gasteiger partial charge < -0.3 is 9.15 Å². The zero-order valence-corrected chi connectivity index (χ0v) is 13.6. The van der Waals surface area contributed by atoms with Gasteiger partial charge in [-0.05, 0) is 30.7 Å². The highest BCUT2D eigenvalue weighted by atomic mass is 35.5. The molecule has 0 spiro atoms. The second-order valence-corrected chi connectivity index (χ2v) is 5.62. The fourth-order valence-electron chi connectivity index (χ4n) is 2.31. The quantitative estimate of drug-likeness (QED) is 0.231. The van der Waals surface area contributed by atoms with Gasteiger partial charge in [0.2, 0.25) is 0 Å². The van der Waals surface area contributed by atoms with E-state index in [9.17, 15) is 19.7 Å². The van der Waals surface area contributed by atoms with Crippen LogP contribution in [0.4, 0.5) is 5.69 Å². The highest BCUT2D eigenvalue weighted by Crippen LogP contribution is 2.26. The van der Waals surface area contributed by atoms with Crippen molar-refractivity contribution in [2.75, 3.05) is 0 Å². The molecule has 0 saturated carbocycles. The fourth-order valence-corrected chi connectivity index (χ4v) is 2.51.